The molecule has 0 unspecified atom stereocenters. The molecule has 0 spiro atoms. The average molecular weight is 343 g/mol. The number of halogens is 3. The van der Waals surface area contributed by atoms with Gasteiger partial charge in [-0.1, -0.05) is 0 Å². The standard InChI is InChI=1S/C10H12Cl3O3Si2/c1-17-15-7-8-6-9(2-3-10(8)16-17)14-4-5-18(11,12)13/h2-3,6H,4-5,7H2,1H3. The smallest absolute Gasteiger partial charge is 0.454 e. The zero-order valence-electron chi connectivity index (χ0n) is 9.71. The van der Waals surface area contributed by atoms with Crippen LogP contribution in [-0.2, 0) is 11.0 Å². The molecule has 1 aliphatic rings. The molecule has 0 saturated carbocycles. The van der Waals surface area contributed by atoms with Crippen molar-refractivity contribution in [3.63, 3.8) is 0 Å². The van der Waals surface area contributed by atoms with E-state index >= 15 is 0 Å². The van der Waals surface area contributed by atoms with E-state index in [0.29, 0.717) is 19.3 Å². The lowest BCUT2D eigenvalue weighted by Gasteiger charge is -2.22. The molecule has 1 radical (unpaired) electrons. The van der Waals surface area contributed by atoms with E-state index < -0.39 is 15.3 Å². The number of benzene rings is 1. The fourth-order valence-electron chi connectivity index (χ4n) is 1.51. The molecule has 3 nitrogen and oxygen atoms in total. The van der Waals surface area contributed by atoms with Crippen LogP contribution in [0.4, 0.5) is 0 Å². The zero-order valence-corrected chi connectivity index (χ0v) is 14.0. The van der Waals surface area contributed by atoms with Gasteiger partial charge in [0.2, 0.25) is 0 Å². The molecular formula is C10H12Cl3O3Si2. The predicted molar refractivity (Wildman–Crippen MR) is 77.1 cm³/mol. The van der Waals surface area contributed by atoms with E-state index in [9.17, 15) is 0 Å². The number of hydrogen-bond donors (Lipinski definition) is 0. The van der Waals surface area contributed by atoms with Crippen molar-refractivity contribution in [3.05, 3.63) is 23.8 Å². The van der Waals surface area contributed by atoms with Crippen LogP contribution in [0, 0.1) is 0 Å². The minimum Gasteiger partial charge on any atom is -0.519 e. The Bertz CT molecular complexity index is 425. The van der Waals surface area contributed by atoms with Crippen LogP contribution in [-0.4, -0.2) is 21.9 Å². The van der Waals surface area contributed by atoms with Crippen LogP contribution in [0.3, 0.4) is 0 Å². The van der Waals surface area contributed by atoms with Crippen molar-refractivity contribution in [3.8, 4) is 11.5 Å². The summed E-state index contributed by atoms with van der Waals surface area (Å²) in [6.45, 7) is 2.94. The molecule has 0 bridgehead atoms. The van der Waals surface area contributed by atoms with Gasteiger partial charge >= 0.3 is 15.3 Å². The average Bonchev–Trinajstić information content (AvgIpc) is 2.27. The molecule has 0 amide bonds. The molecule has 99 valence electrons. The van der Waals surface area contributed by atoms with Crippen molar-refractivity contribution in [1.82, 2.24) is 0 Å². The molecule has 0 atom stereocenters. The summed E-state index contributed by atoms with van der Waals surface area (Å²) in [5, 5.41) is 0. The van der Waals surface area contributed by atoms with E-state index in [2.05, 4.69) is 0 Å². The van der Waals surface area contributed by atoms with Crippen LogP contribution < -0.4 is 9.16 Å². The van der Waals surface area contributed by atoms with Gasteiger partial charge in [0.1, 0.15) is 11.5 Å². The van der Waals surface area contributed by atoms with E-state index in [4.69, 9.17) is 46.8 Å². The zero-order chi connectivity index (χ0) is 13.2. The van der Waals surface area contributed by atoms with Crippen LogP contribution in [0.1, 0.15) is 5.56 Å². The third-order valence-corrected chi connectivity index (χ3v) is 5.90. The summed E-state index contributed by atoms with van der Waals surface area (Å²) < 4.78 is 16.7. The maximum Gasteiger partial charge on any atom is 0.454 e. The molecule has 8 heteroatoms. The van der Waals surface area contributed by atoms with E-state index in [-0.39, 0.29) is 0 Å². The predicted octanol–water partition coefficient (Wildman–Crippen LogP) is 3.75. The molecule has 2 rings (SSSR count). The number of fused-ring (bicyclic) bond motifs is 1. The summed E-state index contributed by atoms with van der Waals surface area (Å²) in [5.74, 6) is 1.62. The quantitative estimate of drug-likeness (QED) is 0.616. The summed E-state index contributed by atoms with van der Waals surface area (Å²) in [5.41, 5.74) is 0.995. The highest BCUT2D eigenvalue weighted by Gasteiger charge is 2.25. The Hall–Kier alpha value is 0.0838. The normalized spacial score (nSPS) is 16.0. The second-order valence-electron chi connectivity index (χ2n) is 3.87. The molecular weight excluding hydrogens is 331 g/mol. The van der Waals surface area contributed by atoms with E-state index in [0.717, 1.165) is 17.1 Å². The molecule has 1 aromatic carbocycles. The molecule has 1 aliphatic heterocycles. The van der Waals surface area contributed by atoms with Crippen molar-refractivity contribution >= 4 is 48.5 Å². The maximum atomic E-state index is 5.78. The Kier molecular flexibility index (Phi) is 4.85. The molecule has 0 N–H and O–H groups in total. The van der Waals surface area contributed by atoms with Crippen molar-refractivity contribution in [2.24, 2.45) is 0 Å². The summed E-state index contributed by atoms with van der Waals surface area (Å²) in [6, 6.07) is 3.54. The summed E-state index contributed by atoms with van der Waals surface area (Å²) in [4.78, 5) is 0. The Morgan fingerprint density at radius 3 is 2.89 bits per heavy atom. The van der Waals surface area contributed by atoms with Crippen LogP contribution in [0.2, 0.25) is 12.6 Å². The van der Waals surface area contributed by atoms with Crippen molar-refractivity contribution in [2.75, 3.05) is 6.61 Å². The van der Waals surface area contributed by atoms with Crippen molar-refractivity contribution < 1.29 is 13.6 Å². The van der Waals surface area contributed by atoms with Gasteiger partial charge in [-0.2, -0.15) is 0 Å². The fourth-order valence-corrected chi connectivity index (χ4v) is 3.46. The van der Waals surface area contributed by atoms with Crippen LogP contribution in [0.15, 0.2) is 18.2 Å². The van der Waals surface area contributed by atoms with Crippen LogP contribution in [0.5, 0.6) is 11.5 Å². The Balaban J connectivity index is 1.95. The first-order chi connectivity index (χ1) is 8.44. The fraction of sp³-hybridized carbons (Fsp3) is 0.400. The lowest BCUT2D eigenvalue weighted by Crippen LogP contribution is -2.26. The van der Waals surface area contributed by atoms with Gasteiger partial charge in [-0.15, -0.1) is 33.2 Å². The maximum absolute atomic E-state index is 5.78. The van der Waals surface area contributed by atoms with Crippen molar-refractivity contribution in [2.45, 2.75) is 19.2 Å². The van der Waals surface area contributed by atoms with Gasteiger partial charge < -0.3 is 13.6 Å². The molecule has 18 heavy (non-hydrogen) atoms. The number of ether oxygens (including phenoxy) is 1. The first-order valence-corrected chi connectivity index (χ1v) is 12.5. The minimum atomic E-state index is -2.60. The largest absolute Gasteiger partial charge is 0.519 e. The molecule has 1 aromatic rings. The third-order valence-electron chi connectivity index (χ3n) is 2.37. The van der Waals surface area contributed by atoms with Gasteiger partial charge in [-0.25, -0.2) is 0 Å². The van der Waals surface area contributed by atoms with E-state index in [1.807, 2.05) is 24.7 Å². The van der Waals surface area contributed by atoms with E-state index in [1.165, 1.54) is 0 Å². The van der Waals surface area contributed by atoms with Gasteiger partial charge in [-0.3, -0.25) is 0 Å². The van der Waals surface area contributed by atoms with E-state index in [1.54, 1.807) is 0 Å². The Morgan fingerprint density at radius 1 is 1.39 bits per heavy atom. The SMILES string of the molecule is C[Si]1OCc2cc(OCC[Si](Cl)(Cl)Cl)ccc2O1. The van der Waals surface area contributed by atoms with Crippen LogP contribution >= 0.6 is 33.2 Å². The Labute approximate surface area is 123 Å². The van der Waals surface area contributed by atoms with Gasteiger partial charge in [0.15, 0.2) is 0 Å². The first-order valence-electron chi connectivity index (χ1n) is 5.41. The van der Waals surface area contributed by atoms with Gasteiger partial charge in [0.05, 0.1) is 13.2 Å². The first kappa shape index (κ1) is 14.5. The van der Waals surface area contributed by atoms with Gasteiger partial charge in [-0.05, 0) is 24.7 Å². The van der Waals surface area contributed by atoms with Gasteiger partial charge in [0.25, 0.3) is 0 Å². The van der Waals surface area contributed by atoms with Crippen LogP contribution in [0.25, 0.3) is 0 Å². The summed E-state index contributed by atoms with van der Waals surface area (Å²) in [7, 11) is -1.14. The second kappa shape index (κ2) is 6.02. The number of hydrogen-bond acceptors (Lipinski definition) is 3. The third kappa shape index (κ3) is 4.33. The molecule has 0 saturated heterocycles. The monoisotopic (exact) mass is 341 g/mol. The summed E-state index contributed by atoms with van der Waals surface area (Å²) >= 11 is 17.4. The molecule has 0 aromatic heterocycles. The second-order valence-corrected chi connectivity index (χ2v) is 14.6. The topological polar surface area (TPSA) is 27.7 Å². The summed E-state index contributed by atoms with van der Waals surface area (Å²) in [6.07, 6.45) is 0. The lowest BCUT2D eigenvalue weighted by molar-refractivity contribution is 0.232. The van der Waals surface area contributed by atoms with Gasteiger partial charge in [0, 0.05) is 11.6 Å². The number of rotatable bonds is 4. The van der Waals surface area contributed by atoms with Crippen molar-refractivity contribution in [1.29, 1.82) is 0 Å². The molecule has 0 aliphatic carbocycles. The highest BCUT2D eigenvalue weighted by Crippen LogP contribution is 2.30. The highest BCUT2D eigenvalue weighted by molar-refractivity contribution is 7.64. The lowest BCUT2D eigenvalue weighted by atomic mass is 10.2. The molecule has 0 fully saturated rings. The Morgan fingerprint density at radius 2 is 2.17 bits per heavy atom. The highest BCUT2D eigenvalue weighted by atomic mass is 35.8. The minimum absolute atomic E-state index is 0.409. The molecule has 1 heterocycles.